The van der Waals surface area contributed by atoms with Gasteiger partial charge in [-0.3, -0.25) is 4.90 Å². The SMILES string of the molecule is CN1CCN([C@H]2CC[C@H](n3cc(-c4ccc(Oc5ccccc5)cc4F)c4c(N)ncnc43)CC2)CC1. The quantitative estimate of drug-likeness (QED) is 0.399. The van der Waals surface area contributed by atoms with Crippen molar-refractivity contribution in [2.45, 2.75) is 37.8 Å². The Balaban J connectivity index is 1.27. The molecule has 8 heteroatoms. The zero-order chi connectivity index (χ0) is 25.4. The fraction of sp³-hybridized carbons (Fsp3) is 0.379. The average molecular weight is 501 g/mol. The van der Waals surface area contributed by atoms with Crippen LogP contribution in [0.5, 0.6) is 11.5 Å². The minimum atomic E-state index is -0.366. The van der Waals surface area contributed by atoms with E-state index in [0.29, 0.717) is 40.4 Å². The Morgan fingerprint density at radius 3 is 2.32 bits per heavy atom. The topological polar surface area (TPSA) is 72.4 Å². The van der Waals surface area contributed by atoms with Gasteiger partial charge in [-0.2, -0.15) is 0 Å². The normalized spacial score (nSPS) is 21.4. The van der Waals surface area contributed by atoms with Crippen LogP contribution in [0.2, 0.25) is 0 Å². The summed E-state index contributed by atoms with van der Waals surface area (Å²) < 4.78 is 23.5. The maximum Gasteiger partial charge on any atom is 0.146 e. The summed E-state index contributed by atoms with van der Waals surface area (Å²) in [5.74, 6) is 1.11. The summed E-state index contributed by atoms with van der Waals surface area (Å²) in [6, 6.07) is 15.3. The van der Waals surface area contributed by atoms with Gasteiger partial charge in [0.05, 0.1) is 5.39 Å². The summed E-state index contributed by atoms with van der Waals surface area (Å²) in [6.07, 6.45) is 7.97. The molecule has 1 saturated heterocycles. The van der Waals surface area contributed by atoms with Crippen LogP contribution in [0.15, 0.2) is 61.1 Å². The van der Waals surface area contributed by atoms with E-state index < -0.39 is 0 Å². The third-order valence-electron chi connectivity index (χ3n) is 7.96. The first kappa shape index (κ1) is 23.9. The Kier molecular flexibility index (Phi) is 6.52. The standard InChI is InChI=1S/C29H33FN6O/c1-34-13-15-35(16-14-34)20-7-9-21(10-8-20)36-18-25(27-28(31)32-19-33-29(27)36)24-12-11-23(17-26(24)30)37-22-5-3-2-4-6-22/h2-6,11-12,17-21H,7-10,13-16H2,1H3,(H2,31,32,33)/t20-,21-. The van der Waals surface area contributed by atoms with E-state index in [4.69, 9.17) is 10.5 Å². The summed E-state index contributed by atoms with van der Waals surface area (Å²) in [7, 11) is 2.20. The number of hydrogen-bond acceptors (Lipinski definition) is 6. The first-order valence-electron chi connectivity index (χ1n) is 13.1. The van der Waals surface area contributed by atoms with Crippen molar-refractivity contribution in [2.75, 3.05) is 39.0 Å². The van der Waals surface area contributed by atoms with Crippen LogP contribution in [-0.2, 0) is 0 Å². The number of para-hydroxylation sites is 1. The predicted octanol–water partition coefficient (Wildman–Crippen LogP) is 5.34. The molecular weight excluding hydrogens is 467 g/mol. The van der Waals surface area contributed by atoms with Crippen LogP contribution in [0.3, 0.4) is 0 Å². The third kappa shape index (κ3) is 4.79. The second-order valence-corrected chi connectivity index (χ2v) is 10.3. The Morgan fingerprint density at radius 1 is 0.865 bits per heavy atom. The highest BCUT2D eigenvalue weighted by molar-refractivity contribution is 6.00. The molecule has 2 aliphatic rings. The van der Waals surface area contributed by atoms with Crippen LogP contribution in [0.1, 0.15) is 31.7 Å². The second kappa shape index (κ2) is 10.1. The number of ether oxygens (including phenoxy) is 1. The summed E-state index contributed by atoms with van der Waals surface area (Å²) in [5.41, 5.74) is 8.29. The molecule has 0 radical (unpaired) electrons. The van der Waals surface area contributed by atoms with Gasteiger partial charge in [-0.25, -0.2) is 14.4 Å². The molecule has 37 heavy (non-hydrogen) atoms. The van der Waals surface area contributed by atoms with Gasteiger partial charge in [-0.05, 0) is 57.0 Å². The zero-order valence-electron chi connectivity index (χ0n) is 21.2. The summed E-state index contributed by atoms with van der Waals surface area (Å²) in [4.78, 5) is 13.9. The number of fused-ring (bicyclic) bond motifs is 1. The monoisotopic (exact) mass is 500 g/mol. The van der Waals surface area contributed by atoms with Crippen LogP contribution >= 0.6 is 0 Å². The summed E-state index contributed by atoms with van der Waals surface area (Å²) in [5, 5.41) is 0.708. The molecule has 0 spiro atoms. The van der Waals surface area contributed by atoms with Gasteiger partial charge in [0.15, 0.2) is 0 Å². The number of benzene rings is 2. The van der Waals surface area contributed by atoms with Gasteiger partial charge < -0.3 is 19.9 Å². The Labute approximate surface area is 216 Å². The van der Waals surface area contributed by atoms with Crippen molar-refractivity contribution in [3.63, 3.8) is 0 Å². The van der Waals surface area contributed by atoms with Crippen molar-refractivity contribution in [2.24, 2.45) is 0 Å². The minimum absolute atomic E-state index is 0.304. The van der Waals surface area contributed by atoms with Gasteiger partial charge in [0.25, 0.3) is 0 Å². The van der Waals surface area contributed by atoms with Crippen molar-refractivity contribution in [1.82, 2.24) is 24.3 Å². The van der Waals surface area contributed by atoms with E-state index in [9.17, 15) is 0 Å². The lowest BCUT2D eigenvalue weighted by atomic mass is 9.89. The molecule has 6 rings (SSSR count). The first-order chi connectivity index (χ1) is 18.1. The lowest BCUT2D eigenvalue weighted by Gasteiger charge is -2.41. The predicted molar refractivity (Wildman–Crippen MR) is 144 cm³/mol. The van der Waals surface area contributed by atoms with Crippen LogP contribution in [-0.4, -0.2) is 63.6 Å². The lowest BCUT2D eigenvalue weighted by Crippen LogP contribution is -2.49. The number of likely N-dealkylation sites (N-methyl/N-ethyl adjacent to an activating group) is 1. The Hall–Kier alpha value is -3.49. The van der Waals surface area contributed by atoms with Crippen LogP contribution in [0, 0.1) is 5.82 Å². The van der Waals surface area contributed by atoms with E-state index in [2.05, 4.69) is 31.4 Å². The van der Waals surface area contributed by atoms with Gasteiger partial charge in [-0.1, -0.05) is 18.2 Å². The minimum Gasteiger partial charge on any atom is -0.457 e. The molecule has 1 aliphatic heterocycles. The lowest BCUT2D eigenvalue weighted by molar-refractivity contribution is 0.0828. The molecule has 0 amide bonds. The first-order valence-corrected chi connectivity index (χ1v) is 13.1. The number of halogens is 1. The van der Waals surface area contributed by atoms with Crippen molar-refractivity contribution in [1.29, 1.82) is 0 Å². The Bertz CT molecular complexity index is 1370. The molecule has 4 aromatic rings. The zero-order valence-corrected chi connectivity index (χ0v) is 21.2. The molecule has 0 unspecified atom stereocenters. The number of rotatable bonds is 5. The number of aromatic nitrogens is 3. The van der Waals surface area contributed by atoms with Crippen molar-refractivity contribution in [3.05, 3.63) is 66.9 Å². The number of piperazine rings is 1. The molecule has 7 nitrogen and oxygen atoms in total. The highest BCUT2D eigenvalue weighted by Gasteiger charge is 2.30. The molecule has 0 bridgehead atoms. The van der Waals surface area contributed by atoms with Gasteiger partial charge in [-0.15, -0.1) is 0 Å². The summed E-state index contributed by atoms with van der Waals surface area (Å²) in [6.45, 7) is 4.58. The molecule has 1 aliphatic carbocycles. The molecule has 2 aromatic carbocycles. The maximum atomic E-state index is 15.5. The highest BCUT2D eigenvalue weighted by Crippen LogP contribution is 2.40. The molecule has 2 fully saturated rings. The Morgan fingerprint density at radius 2 is 1.59 bits per heavy atom. The largest absolute Gasteiger partial charge is 0.457 e. The summed E-state index contributed by atoms with van der Waals surface area (Å²) >= 11 is 0. The van der Waals surface area contributed by atoms with E-state index in [0.717, 1.165) is 63.1 Å². The number of hydrogen-bond donors (Lipinski definition) is 1. The highest BCUT2D eigenvalue weighted by atomic mass is 19.1. The average Bonchev–Trinajstić information content (AvgIpc) is 3.31. The van der Waals surface area contributed by atoms with E-state index in [1.54, 1.807) is 12.1 Å². The second-order valence-electron chi connectivity index (χ2n) is 10.3. The van der Waals surface area contributed by atoms with E-state index in [1.165, 1.54) is 12.4 Å². The van der Waals surface area contributed by atoms with E-state index >= 15 is 4.39 Å². The molecular formula is C29H33FN6O. The number of anilines is 1. The molecule has 2 aromatic heterocycles. The molecule has 2 N–H and O–H groups in total. The van der Waals surface area contributed by atoms with Gasteiger partial charge in [0.2, 0.25) is 0 Å². The molecule has 1 saturated carbocycles. The van der Waals surface area contributed by atoms with Crippen LogP contribution in [0.4, 0.5) is 10.2 Å². The van der Waals surface area contributed by atoms with Crippen LogP contribution in [0.25, 0.3) is 22.2 Å². The third-order valence-corrected chi connectivity index (χ3v) is 7.96. The van der Waals surface area contributed by atoms with E-state index in [-0.39, 0.29) is 5.82 Å². The van der Waals surface area contributed by atoms with Gasteiger partial charge in [0, 0.05) is 61.7 Å². The number of nitrogens with zero attached hydrogens (tertiary/aromatic N) is 5. The van der Waals surface area contributed by atoms with Gasteiger partial charge in [0.1, 0.15) is 35.1 Å². The van der Waals surface area contributed by atoms with Gasteiger partial charge >= 0.3 is 0 Å². The maximum absolute atomic E-state index is 15.5. The smallest absolute Gasteiger partial charge is 0.146 e. The number of nitrogens with two attached hydrogens (primary N) is 1. The fourth-order valence-electron chi connectivity index (χ4n) is 5.88. The molecule has 192 valence electrons. The molecule has 0 atom stereocenters. The van der Waals surface area contributed by atoms with Crippen molar-refractivity contribution < 1.29 is 9.13 Å². The van der Waals surface area contributed by atoms with Crippen LogP contribution < -0.4 is 10.5 Å². The van der Waals surface area contributed by atoms with E-state index in [1.807, 2.05) is 36.5 Å². The van der Waals surface area contributed by atoms with Crippen molar-refractivity contribution in [3.8, 4) is 22.6 Å². The van der Waals surface area contributed by atoms with Crippen molar-refractivity contribution >= 4 is 16.9 Å². The number of nitrogen functional groups attached to an aromatic ring is 1. The molecule has 3 heterocycles. The fourth-order valence-corrected chi connectivity index (χ4v) is 5.88.